The second-order valence-electron chi connectivity index (χ2n) is 7.40. The molecule has 3 fully saturated rings. The lowest BCUT2D eigenvalue weighted by atomic mass is 9.85. The molecule has 3 aliphatic rings. The summed E-state index contributed by atoms with van der Waals surface area (Å²) in [5.41, 5.74) is 0.718. The number of rotatable bonds is 3. The van der Waals surface area contributed by atoms with Crippen molar-refractivity contribution in [3.8, 4) is 0 Å². The molecule has 25 heavy (non-hydrogen) atoms. The van der Waals surface area contributed by atoms with Crippen molar-refractivity contribution >= 4 is 29.1 Å². The lowest BCUT2D eigenvalue weighted by Gasteiger charge is -2.24. The average molecular weight is 362 g/mol. The standard InChI is InChI=1S/C19H24ClN3O2/c20-13-6-2-4-8-17(13)23-10-9-15(19(23)25)22-18(24)16-11-12-5-1-3-7-14(12)21-16/h2,4,6,8,12,14-16,21H,1,3,5,7,9-11H2,(H,22,24). The summed E-state index contributed by atoms with van der Waals surface area (Å²) in [4.78, 5) is 27.0. The Bertz CT molecular complexity index is 666. The largest absolute Gasteiger partial charge is 0.343 e. The smallest absolute Gasteiger partial charge is 0.249 e. The Morgan fingerprint density at radius 3 is 2.80 bits per heavy atom. The fourth-order valence-corrected chi connectivity index (χ4v) is 4.75. The van der Waals surface area contributed by atoms with Crippen LogP contribution in [0.4, 0.5) is 5.69 Å². The second kappa shape index (κ2) is 6.96. The number of amides is 2. The zero-order chi connectivity index (χ0) is 17.4. The zero-order valence-electron chi connectivity index (χ0n) is 14.2. The van der Waals surface area contributed by atoms with Crippen molar-refractivity contribution < 1.29 is 9.59 Å². The monoisotopic (exact) mass is 361 g/mol. The van der Waals surface area contributed by atoms with Crippen LogP contribution in [0.15, 0.2) is 24.3 Å². The minimum absolute atomic E-state index is 0.0336. The highest BCUT2D eigenvalue weighted by atomic mass is 35.5. The number of hydrogen-bond donors (Lipinski definition) is 2. The molecular formula is C19H24ClN3O2. The van der Waals surface area contributed by atoms with Crippen molar-refractivity contribution in [1.82, 2.24) is 10.6 Å². The predicted octanol–water partition coefficient (Wildman–Crippen LogP) is 2.48. The molecule has 2 heterocycles. The van der Waals surface area contributed by atoms with Gasteiger partial charge in [0, 0.05) is 12.6 Å². The number of hydrogen-bond acceptors (Lipinski definition) is 3. The van der Waals surface area contributed by atoms with E-state index in [4.69, 9.17) is 11.6 Å². The van der Waals surface area contributed by atoms with E-state index in [1.54, 1.807) is 11.0 Å². The summed E-state index contributed by atoms with van der Waals surface area (Å²) in [5, 5.41) is 7.00. The van der Waals surface area contributed by atoms with Crippen molar-refractivity contribution in [2.45, 2.75) is 56.7 Å². The first kappa shape index (κ1) is 16.9. The van der Waals surface area contributed by atoms with Crippen molar-refractivity contribution in [2.75, 3.05) is 11.4 Å². The maximum absolute atomic E-state index is 12.7. The lowest BCUT2D eigenvalue weighted by Crippen LogP contribution is -2.49. The van der Waals surface area contributed by atoms with Crippen molar-refractivity contribution in [3.63, 3.8) is 0 Å². The number of anilines is 1. The van der Waals surface area contributed by atoms with Gasteiger partial charge in [-0.15, -0.1) is 0 Å². The van der Waals surface area contributed by atoms with Gasteiger partial charge in [-0.3, -0.25) is 9.59 Å². The molecule has 0 bridgehead atoms. The fourth-order valence-electron chi connectivity index (χ4n) is 4.52. The summed E-state index contributed by atoms with van der Waals surface area (Å²) in [6.45, 7) is 0.580. The van der Waals surface area contributed by atoms with Crippen LogP contribution < -0.4 is 15.5 Å². The molecule has 2 aliphatic heterocycles. The lowest BCUT2D eigenvalue weighted by molar-refractivity contribution is -0.127. The Balaban J connectivity index is 1.38. The first-order valence-corrected chi connectivity index (χ1v) is 9.63. The molecule has 6 heteroatoms. The molecule has 4 rings (SSSR count). The summed E-state index contributed by atoms with van der Waals surface area (Å²) in [6, 6.07) is 7.20. The van der Waals surface area contributed by atoms with Gasteiger partial charge in [0.2, 0.25) is 11.8 Å². The third kappa shape index (κ3) is 3.27. The predicted molar refractivity (Wildman–Crippen MR) is 97.6 cm³/mol. The van der Waals surface area contributed by atoms with E-state index in [1.807, 2.05) is 18.2 Å². The van der Waals surface area contributed by atoms with Gasteiger partial charge in [0.05, 0.1) is 16.8 Å². The van der Waals surface area contributed by atoms with Crippen LogP contribution in [0.5, 0.6) is 0 Å². The third-order valence-electron chi connectivity index (χ3n) is 5.84. The molecule has 0 radical (unpaired) electrons. The highest BCUT2D eigenvalue weighted by molar-refractivity contribution is 6.34. The second-order valence-corrected chi connectivity index (χ2v) is 7.80. The first-order chi connectivity index (χ1) is 12.1. The zero-order valence-corrected chi connectivity index (χ0v) is 15.0. The number of carbonyl (C=O) groups is 2. The van der Waals surface area contributed by atoms with Gasteiger partial charge in [0.15, 0.2) is 0 Å². The highest BCUT2D eigenvalue weighted by Gasteiger charge is 2.40. The van der Waals surface area contributed by atoms with Crippen molar-refractivity contribution in [3.05, 3.63) is 29.3 Å². The average Bonchev–Trinajstić information content (AvgIpc) is 3.20. The molecule has 2 saturated heterocycles. The molecule has 2 amide bonds. The Hall–Kier alpha value is -1.59. The Morgan fingerprint density at radius 1 is 1.20 bits per heavy atom. The summed E-state index contributed by atoms with van der Waals surface area (Å²) in [7, 11) is 0. The van der Waals surface area contributed by atoms with E-state index >= 15 is 0 Å². The van der Waals surface area contributed by atoms with E-state index in [1.165, 1.54) is 19.3 Å². The van der Waals surface area contributed by atoms with Gasteiger partial charge in [0.25, 0.3) is 0 Å². The maximum atomic E-state index is 12.7. The van der Waals surface area contributed by atoms with E-state index in [2.05, 4.69) is 10.6 Å². The molecule has 1 saturated carbocycles. The Labute approximate surface area is 153 Å². The van der Waals surface area contributed by atoms with Crippen LogP contribution in [0.3, 0.4) is 0 Å². The SMILES string of the molecule is O=C(NC1CCN(c2ccccc2Cl)C1=O)C1CC2CCCCC2N1. The van der Waals surface area contributed by atoms with Crippen molar-refractivity contribution in [2.24, 2.45) is 5.92 Å². The number of halogens is 1. The van der Waals surface area contributed by atoms with Gasteiger partial charge < -0.3 is 15.5 Å². The summed E-state index contributed by atoms with van der Waals surface area (Å²) in [5.74, 6) is 0.508. The summed E-state index contributed by atoms with van der Waals surface area (Å²) in [6.07, 6.45) is 6.41. The molecule has 4 unspecified atom stereocenters. The molecule has 1 aromatic rings. The van der Waals surface area contributed by atoms with Crippen LogP contribution in [-0.4, -0.2) is 36.5 Å². The van der Waals surface area contributed by atoms with Gasteiger partial charge in [-0.05, 0) is 43.7 Å². The van der Waals surface area contributed by atoms with E-state index in [9.17, 15) is 9.59 Å². The number of fused-ring (bicyclic) bond motifs is 1. The van der Waals surface area contributed by atoms with Crippen molar-refractivity contribution in [1.29, 1.82) is 0 Å². The van der Waals surface area contributed by atoms with Crippen LogP contribution in [-0.2, 0) is 9.59 Å². The Kier molecular flexibility index (Phi) is 4.69. The number of benzene rings is 1. The molecule has 1 aromatic carbocycles. The molecule has 134 valence electrons. The molecular weight excluding hydrogens is 338 g/mol. The number of para-hydroxylation sites is 1. The normalized spacial score (nSPS) is 31.9. The first-order valence-electron chi connectivity index (χ1n) is 9.26. The Morgan fingerprint density at radius 2 is 2.00 bits per heavy atom. The molecule has 2 N–H and O–H groups in total. The van der Waals surface area contributed by atoms with Gasteiger partial charge >= 0.3 is 0 Å². The van der Waals surface area contributed by atoms with Crippen LogP contribution in [0, 0.1) is 5.92 Å². The van der Waals surface area contributed by atoms with Crippen LogP contribution >= 0.6 is 11.6 Å². The molecule has 5 nitrogen and oxygen atoms in total. The van der Waals surface area contributed by atoms with E-state index in [0.29, 0.717) is 29.9 Å². The minimum Gasteiger partial charge on any atom is -0.343 e. The van der Waals surface area contributed by atoms with Crippen LogP contribution in [0.2, 0.25) is 5.02 Å². The van der Waals surface area contributed by atoms with E-state index in [-0.39, 0.29) is 17.9 Å². The molecule has 0 aromatic heterocycles. The van der Waals surface area contributed by atoms with Crippen LogP contribution in [0.1, 0.15) is 38.5 Å². The molecule has 0 spiro atoms. The highest BCUT2D eigenvalue weighted by Crippen LogP contribution is 2.33. The maximum Gasteiger partial charge on any atom is 0.249 e. The third-order valence-corrected chi connectivity index (χ3v) is 6.16. The number of nitrogens with zero attached hydrogens (tertiary/aromatic N) is 1. The van der Waals surface area contributed by atoms with Gasteiger partial charge in [0.1, 0.15) is 6.04 Å². The topological polar surface area (TPSA) is 61.4 Å². The summed E-state index contributed by atoms with van der Waals surface area (Å²) < 4.78 is 0. The summed E-state index contributed by atoms with van der Waals surface area (Å²) >= 11 is 6.21. The number of carbonyl (C=O) groups excluding carboxylic acids is 2. The number of nitrogens with one attached hydrogen (secondary N) is 2. The molecule has 4 atom stereocenters. The quantitative estimate of drug-likeness (QED) is 0.869. The van der Waals surface area contributed by atoms with Gasteiger partial charge in [-0.2, -0.15) is 0 Å². The van der Waals surface area contributed by atoms with Gasteiger partial charge in [-0.1, -0.05) is 36.6 Å². The van der Waals surface area contributed by atoms with E-state index in [0.717, 1.165) is 18.5 Å². The minimum atomic E-state index is -0.451. The van der Waals surface area contributed by atoms with E-state index < -0.39 is 6.04 Å². The van der Waals surface area contributed by atoms with Gasteiger partial charge in [-0.25, -0.2) is 0 Å². The fraction of sp³-hybridized carbons (Fsp3) is 0.579. The molecule has 1 aliphatic carbocycles. The van der Waals surface area contributed by atoms with Crippen LogP contribution in [0.25, 0.3) is 0 Å².